The summed E-state index contributed by atoms with van der Waals surface area (Å²) in [6.45, 7) is 5.78. The Morgan fingerprint density at radius 1 is 1.03 bits per heavy atom. The maximum Gasteiger partial charge on any atom is 0.490 e. The molecule has 2 heterocycles. The number of hydrogen-bond acceptors (Lipinski definition) is 5. The Bertz CT molecular complexity index is 765. The van der Waals surface area contributed by atoms with Crippen LogP contribution in [0.5, 0.6) is 0 Å². The molecule has 1 aromatic rings. The van der Waals surface area contributed by atoms with Gasteiger partial charge in [0.05, 0.1) is 12.7 Å². The summed E-state index contributed by atoms with van der Waals surface area (Å²) in [4.78, 5) is 22.5. The highest BCUT2D eigenvalue weighted by Gasteiger charge is 2.39. The van der Waals surface area contributed by atoms with Crippen LogP contribution < -0.4 is 0 Å². The van der Waals surface area contributed by atoms with E-state index in [1.54, 1.807) is 12.1 Å². The molecule has 14 heteroatoms. The number of likely N-dealkylation sites (tertiary alicyclic amines) is 1. The maximum absolute atomic E-state index is 13.2. The van der Waals surface area contributed by atoms with E-state index in [0.717, 1.165) is 44.9 Å². The average Bonchev–Trinajstić information content (AvgIpc) is 2.93. The van der Waals surface area contributed by atoms with Crippen LogP contribution in [0.1, 0.15) is 5.56 Å². The van der Waals surface area contributed by atoms with Crippen LogP contribution in [-0.4, -0.2) is 90.2 Å². The number of alkyl halides is 6. The first-order valence-corrected chi connectivity index (χ1v) is 9.46. The van der Waals surface area contributed by atoms with Crippen LogP contribution in [-0.2, 0) is 20.9 Å². The van der Waals surface area contributed by atoms with E-state index in [2.05, 4.69) is 16.8 Å². The van der Waals surface area contributed by atoms with E-state index in [1.165, 1.54) is 6.07 Å². The Hall–Kier alpha value is -2.45. The lowest BCUT2D eigenvalue weighted by molar-refractivity contribution is -0.193. The van der Waals surface area contributed by atoms with Crippen molar-refractivity contribution in [2.24, 2.45) is 5.92 Å². The van der Waals surface area contributed by atoms with E-state index < -0.39 is 24.3 Å². The van der Waals surface area contributed by atoms with Gasteiger partial charge >= 0.3 is 24.3 Å². The lowest BCUT2D eigenvalue weighted by Gasteiger charge is -2.19. The predicted octanol–water partition coefficient (Wildman–Crippen LogP) is 2.85. The Labute approximate surface area is 184 Å². The van der Waals surface area contributed by atoms with Crippen molar-refractivity contribution in [2.75, 3.05) is 39.8 Å². The number of nitrogens with zero attached hydrogens (tertiary/aromatic N) is 2. The van der Waals surface area contributed by atoms with Crippen molar-refractivity contribution >= 4 is 11.9 Å². The van der Waals surface area contributed by atoms with Gasteiger partial charge in [-0.2, -0.15) is 26.3 Å². The molecule has 7 nitrogen and oxygen atoms in total. The summed E-state index contributed by atoms with van der Waals surface area (Å²) in [6.07, 6.45) is -9.82. The van der Waals surface area contributed by atoms with Gasteiger partial charge in [-0.1, -0.05) is 12.1 Å². The van der Waals surface area contributed by atoms with Gasteiger partial charge in [0.15, 0.2) is 0 Å². The van der Waals surface area contributed by atoms with Crippen molar-refractivity contribution in [2.45, 2.75) is 25.0 Å². The topological polar surface area (TPSA) is 90.3 Å². The third kappa shape index (κ3) is 10.8. The summed E-state index contributed by atoms with van der Waals surface area (Å²) < 4.78 is 82.6. The molecule has 0 spiro atoms. The summed E-state index contributed by atoms with van der Waals surface area (Å²) >= 11 is 0. The van der Waals surface area contributed by atoms with Crippen LogP contribution >= 0.6 is 0 Å². The molecule has 0 amide bonds. The molecule has 0 aliphatic carbocycles. The van der Waals surface area contributed by atoms with Crippen molar-refractivity contribution in [1.82, 2.24) is 9.80 Å². The van der Waals surface area contributed by atoms with Gasteiger partial charge < -0.3 is 19.8 Å². The van der Waals surface area contributed by atoms with Crippen molar-refractivity contribution < 1.29 is 55.3 Å². The normalized spacial score (nSPS) is 21.6. The van der Waals surface area contributed by atoms with Crippen LogP contribution in [0, 0.1) is 11.7 Å². The number of halogens is 7. The second kappa shape index (κ2) is 12.1. The highest BCUT2D eigenvalue weighted by Crippen LogP contribution is 2.24. The molecule has 0 radical (unpaired) electrons. The fourth-order valence-electron chi connectivity index (χ4n) is 3.17. The predicted molar refractivity (Wildman–Crippen MR) is 99.8 cm³/mol. The lowest BCUT2D eigenvalue weighted by Crippen LogP contribution is -2.29. The molecule has 3 rings (SSSR count). The average molecular weight is 492 g/mol. The molecule has 2 N–H and O–H groups in total. The minimum absolute atomic E-state index is 0.151. The molecule has 2 aliphatic rings. The molecule has 2 saturated heterocycles. The van der Waals surface area contributed by atoms with Gasteiger partial charge in [0.25, 0.3) is 0 Å². The molecule has 0 bridgehead atoms. The van der Waals surface area contributed by atoms with E-state index in [0.29, 0.717) is 12.0 Å². The molecule has 2 aliphatic heterocycles. The van der Waals surface area contributed by atoms with Crippen LogP contribution in [0.15, 0.2) is 24.3 Å². The fourth-order valence-corrected chi connectivity index (χ4v) is 3.17. The van der Waals surface area contributed by atoms with Gasteiger partial charge in [-0.25, -0.2) is 14.0 Å². The van der Waals surface area contributed by atoms with Gasteiger partial charge in [0.2, 0.25) is 0 Å². The van der Waals surface area contributed by atoms with Gasteiger partial charge in [0.1, 0.15) is 5.82 Å². The van der Waals surface area contributed by atoms with Crippen molar-refractivity contribution in [3.05, 3.63) is 35.6 Å². The van der Waals surface area contributed by atoms with Crippen LogP contribution in [0.3, 0.4) is 0 Å². The molecular formula is C19H23F7N2O5. The Kier molecular flexibility index (Phi) is 10.5. The quantitative estimate of drug-likeness (QED) is 0.614. The number of benzene rings is 1. The standard InChI is InChI=1S/C15H21FN2O.2C2HF3O2/c1-17-5-6-19-15-11-18(10-13(15)9-17)8-12-3-2-4-14(16)7-12;2*3-2(4,5)1(6)7/h2-4,7,13,15H,5-6,8-11H2,1H3;2*(H,6,7)/t13-,15+;;/m0../s1. The number of fused-ring (bicyclic) bond motifs is 1. The summed E-state index contributed by atoms with van der Waals surface area (Å²) in [5, 5.41) is 14.2. The first kappa shape index (κ1) is 28.6. The maximum atomic E-state index is 13.2. The highest BCUT2D eigenvalue weighted by molar-refractivity contribution is 5.73. The highest BCUT2D eigenvalue weighted by atomic mass is 19.4. The van der Waals surface area contributed by atoms with Crippen molar-refractivity contribution in [3.63, 3.8) is 0 Å². The van der Waals surface area contributed by atoms with Crippen LogP contribution in [0.25, 0.3) is 0 Å². The number of carboxylic acid groups (broad SMARTS) is 2. The SMILES string of the molecule is CN1CCO[C@@H]2CN(Cc3cccc(F)c3)C[C@@H]2C1.O=C(O)C(F)(F)F.O=C(O)C(F)(F)F. The molecular weight excluding hydrogens is 469 g/mol. The lowest BCUT2D eigenvalue weighted by atomic mass is 10.1. The smallest absolute Gasteiger partial charge is 0.475 e. The number of aliphatic carboxylic acids is 2. The third-order valence-electron chi connectivity index (χ3n) is 4.59. The Balaban J connectivity index is 0.000000324. The van der Waals surface area contributed by atoms with E-state index in [9.17, 15) is 30.7 Å². The van der Waals surface area contributed by atoms with Gasteiger partial charge in [-0.15, -0.1) is 0 Å². The molecule has 33 heavy (non-hydrogen) atoms. The van der Waals surface area contributed by atoms with Gasteiger partial charge in [0, 0.05) is 38.6 Å². The zero-order valence-electron chi connectivity index (χ0n) is 17.4. The minimum atomic E-state index is -5.08. The van der Waals surface area contributed by atoms with E-state index in [-0.39, 0.29) is 5.82 Å². The Morgan fingerprint density at radius 3 is 2.06 bits per heavy atom. The van der Waals surface area contributed by atoms with Crippen LogP contribution in [0.2, 0.25) is 0 Å². The molecule has 1 aromatic carbocycles. The number of carboxylic acids is 2. The summed E-state index contributed by atoms with van der Waals surface area (Å²) in [6, 6.07) is 6.89. The number of rotatable bonds is 2. The molecule has 188 valence electrons. The first-order valence-electron chi connectivity index (χ1n) is 9.46. The number of likely N-dealkylation sites (N-methyl/N-ethyl adjacent to an activating group) is 1. The van der Waals surface area contributed by atoms with E-state index in [1.807, 2.05) is 6.07 Å². The summed E-state index contributed by atoms with van der Waals surface area (Å²) in [5.74, 6) is -5.08. The Morgan fingerprint density at radius 2 is 1.58 bits per heavy atom. The van der Waals surface area contributed by atoms with E-state index in [4.69, 9.17) is 24.5 Å². The fraction of sp³-hybridized carbons (Fsp3) is 0.579. The minimum Gasteiger partial charge on any atom is -0.475 e. The van der Waals surface area contributed by atoms with Crippen molar-refractivity contribution in [1.29, 1.82) is 0 Å². The molecule has 0 unspecified atom stereocenters. The number of hydrogen-bond donors (Lipinski definition) is 2. The first-order chi connectivity index (χ1) is 15.1. The molecule has 2 atom stereocenters. The second-order valence-corrected chi connectivity index (χ2v) is 7.36. The third-order valence-corrected chi connectivity index (χ3v) is 4.59. The summed E-state index contributed by atoms with van der Waals surface area (Å²) in [7, 11) is 2.15. The van der Waals surface area contributed by atoms with Gasteiger partial charge in [-0.3, -0.25) is 4.90 Å². The molecule has 2 fully saturated rings. The monoisotopic (exact) mass is 492 g/mol. The zero-order chi connectivity index (χ0) is 25.4. The van der Waals surface area contributed by atoms with Crippen molar-refractivity contribution in [3.8, 4) is 0 Å². The number of carbonyl (C=O) groups is 2. The molecule has 0 aromatic heterocycles. The van der Waals surface area contributed by atoms with Crippen LogP contribution in [0.4, 0.5) is 30.7 Å². The zero-order valence-corrected chi connectivity index (χ0v) is 17.4. The van der Waals surface area contributed by atoms with Gasteiger partial charge in [-0.05, 0) is 24.7 Å². The second-order valence-electron chi connectivity index (χ2n) is 7.36. The van der Waals surface area contributed by atoms with E-state index >= 15 is 0 Å². The largest absolute Gasteiger partial charge is 0.490 e. The number of ether oxygens (including phenoxy) is 1. The molecule has 0 saturated carbocycles. The summed E-state index contributed by atoms with van der Waals surface area (Å²) in [5.41, 5.74) is 1.05.